The van der Waals surface area contributed by atoms with Crippen molar-refractivity contribution < 1.29 is 14.3 Å². The van der Waals surface area contributed by atoms with Crippen molar-refractivity contribution in [3.63, 3.8) is 0 Å². The molecule has 0 heterocycles. The molecule has 2 rings (SSSR count). The monoisotopic (exact) mass is 386 g/mol. The number of nitrogens with one attached hydrogen (secondary N) is 2. The Bertz CT molecular complexity index is 766. The van der Waals surface area contributed by atoms with E-state index >= 15 is 0 Å². The van der Waals surface area contributed by atoms with Crippen LogP contribution in [-0.4, -0.2) is 24.2 Å². The SMILES string of the molecule is CCOc1ccc(NC(=S)NC(=O)COc2ccc(C(C)(C)C)cc2)cc1. The number of hydrogen-bond donors (Lipinski definition) is 2. The molecule has 2 N–H and O–H groups in total. The van der Waals surface area contributed by atoms with E-state index < -0.39 is 0 Å². The molecule has 0 saturated carbocycles. The van der Waals surface area contributed by atoms with Gasteiger partial charge in [0.05, 0.1) is 6.61 Å². The Morgan fingerprint density at radius 3 is 2.07 bits per heavy atom. The summed E-state index contributed by atoms with van der Waals surface area (Å²) < 4.78 is 10.9. The lowest BCUT2D eigenvalue weighted by molar-refractivity contribution is -0.121. The van der Waals surface area contributed by atoms with Gasteiger partial charge in [0.15, 0.2) is 11.7 Å². The van der Waals surface area contributed by atoms with E-state index in [9.17, 15) is 4.79 Å². The number of thiocarbonyl (C=S) groups is 1. The number of hydrogen-bond acceptors (Lipinski definition) is 4. The highest BCUT2D eigenvalue weighted by molar-refractivity contribution is 7.80. The first-order chi connectivity index (χ1) is 12.8. The molecule has 0 spiro atoms. The maximum absolute atomic E-state index is 12.0. The van der Waals surface area contributed by atoms with Gasteiger partial charge in [0.2, 0.25) is 0 Å². The van der Waals surface area contributed by atoms with Crippen LogP contribution in [-0.2, 0) is 10.2 Å². The molecule has 0 bridgehead atoms. The number of anilines is 1. The molecule has 1 amide bonds. The summed E-state index contributed by atoms with van der Waals surface area (Å²) >= 11 is 5.16. The maximum Gasteiger partial charge on any atom is 0.264 e. The smallest absolute Gasteiger partial charge is 0.264 e. The summed E-state index contributed by atoms with van der Waals surface area (Å²) in [5, 5.41) is 5.77. The molecule has 27 heavy (non-hydrogen) atoms. The van der Waals surface area contributed by atoms with Crippen molar-refractivity contribution in [2.24, 2.45) is 0 Å². The van der Waals surface area contributed by atoms with Gasteiger partial charge in [0.1, 0.15) is 11.5 Å². The summed E-state index contributed by atoms with van der Waals surface area (Å²) in [5.74, 6) is 1.10. The largest absolute Gasteiger partial charge is 0.494 e. The summed E-state index contributed by atoms with van der Waals surface area (Å²) in [4.78, 5) is 12.0. The molecule has 0 aliphatic rings. The first kappa shape index (κ1) is 20.7. The fraction of sp³-hybridized carbons (Fsp3) is 0.333. The quantitative estimate of drug-likeness (QED) is 0.726. The highest BCUT2D eigenvalue weighted by atomic mass is 32.1. The standard InChI is InChI=1S/C21H26N2O3S/c1-5-25-17-12-8-16(9-13-17)22-20(27)23-19(24)14-26-18-10-6-15(7-11-18)21(2,3)4/h6-13H,5,14H2,1-4H3,(H2,22,23,24,27). The molecule has 0 aliphatic heterocycles. The molecule has 0 fully saturated rings. The fourth-order valence-corrected chi connectivity index (χ4v) is 2.56. The molecule has 0 unspecified atom stereocenters. The Labute approximate surface area is 166 Å². The van der Waals surface area contributed by atoms with E-state index in [1.165, 1.54) is 5.56 Å². The van der Waals surface area contributed by atoms with Crippen LogP contribution in [0.3, 0.4) is 0 Å². The maximum atomic E-state index is 12.0. The van der Waals surface area contributed by atoms with E-state index in [0.29, 0.717) is 12.4 Å². The van der Waals surface area contributed by atoms with Crippen LogP contribution in [0.5, 0.6) is 11.5 Å². The highest BCUT2D eigenvalue weighted by Gasteiger charge is 2.13. The van der Waals surface area contributed by atoms with Crippen LogP contribution >= 0.6 is 12.2 Å². The van der Waals surface area contributed by atoms with Crippen molar-refractivity contribution in [3.05, 3.63) is 54.1 Å². The number of rotatable bonds is 6. The summed E-state index contributed by atoms with van der Waals surface area (Å²) in [7, 11) is 0. The zero-order chi connectivity index (χ0) is 19.9. The third-order valence-corrected chi connectivity index (χ3v) is 3.97. The minimum atomic E-state index is -0.321. The highest BCUT2D eigenvalue weighted by Crippen LogP contribution is 2.24. The van der Waals surface area contributed by atoms with Gasteiger partial charge in [-0.1, -0.05) is 32.9 Å². The molecule has 144 valence electrons. The van der Waals surface area contributed by atoms with Gasteiger partial charge >= 0.3 is 0 Å². The molecule has 6 heteroatoms. The van der Waals surface area contributed by atoms with Crippen molar-refractivity contribution in [1.82, 2.24) is 5.32 Å². The van der Waals surface area contributed by atoms with E-state index in [2.05, 4.69) is 31.4 Å². The Hall–Kier alpha value is -2.60. The second-order valence-corrected chi connectivity index (χ2v) is 7.43. The van der Waals surface area contributed by atoms with E-state index in [1.54, 1.807) is 0 Å². The Morgan fingerprint density at radius 1 is 0.963 bits per heavy atom. The molecule has 0 aliphatic carbocycles. The summed E-state index contributed by atoms with van der Waals surface area (Å²) in [6, 6.07) is 15.1. The second-order valence-electron chi connectivity index (χ2n) is 7.02. The molecular formula is C21H26N2O3S. The molecular weight excluding hydrogens is 360 g/mol. The van der Waals surface area contributed by atoms with Gasteiger partial charge in [-0.05, 0) is 66.5 Å². The average molecular weight is 387 g/mol. The van der Waals surface area contributed by atoms with Crippen molar-refractivity contribution in [2.75, 3.05) is 18.5 Å². The number of ether oxygens (including phenoxy) is 2. The first-order valence-electron chi connectivity index (χ1n) is 8.85. The minimum Gasteiger partial charge on any atom is -0.494 e. The van der Waals surface area contributed by atoms with Gasteiger partial charge in [-0.3, -0.25) is 10.1 Å². The zero-order valence-electron chi connectivity index (χ0n) is 16.2. The van der Waals surface area contributed by atoms with Gasteiger partial charge in [0.25, 0.3) is 5.91 Å². The molecule has 0 radical (unpaired) electrons. The van der Waals surface area contributed by atoms with Crippen molar-refractivity contribution >= 4 is 28.9 Å². The topological polar surface area (TPSA) is 59.6 Å². The van der Waals surface area contributed by atoms with Gasteiger partial charge in [-0.2, -0.15) is 0 Å². The lowest BCUT2D eigenvalue weighted by Gasteiger charge is -2.19. The summed E-state index contributed by atoms with van der Waals surface area (Å²) in [6.45, 7) is 8.87. The summed E-state index contributed by atoms with van der Waals surface area (Å²) in [6.07, 6.45) is 0. The number of carbonyl (C=O) groups excluding carboxylic acids is 1. The molecule has 2 aromatic rings. The third kappa shape index (κ3) is 6.90. The molecule has 0 atom stereocenters. The van der Waals surface area contributed by atoms with E-state index in [-0.39, 0.29) is 23.0 Å². The number of carbonyl (C=O) groups is 1. The van der Waals surface area contributed by atoms with Gasteiger partial charge in [0, 0.05) is 5.69 Å². The van der Waals surface area contributed by atoms with Crippen LogP contribution < -0.4 is 20.1 Å². The minimum absolute atomic E-state index is 0.0780. The van der Waals surface area contributed by atoms with Crippen LogP contribution in [0.15, 0.2) is 48.5 Å². The second kappa shape index (κ2) is 9.37. The van der Waals surface area contributed by atoms with Crippen LogP contribution in [0, 0.1) is 0 Å². The summed E-state index contributed by atoms with van der Waals surface area (Å²) in [5.41, 5.74) is 2.05. The number of amides is 1. The number of benzene rings is 2. The normalized spacial score (nSPS) is 10.8. The Kier molecular flexibility index (Phi) is 7.19. The van der Waals surface area contributed by atoms with Crippen LogP contribution in [0.25, 0.3) is 0 Å². The lowest BCUT2D eigenvalue weighted by Crippen LogP contribution is -2.37. The van der Waals surface area contributed by atoms with E-state index in [0.717, 1.165) is 11.4 Å². The van der Waals surface area contributed by atoms with Gasteiger partial charge in [-0.25, -0.2) is 0 Å². The van der Waals surface area contributed by atoms with Crippen molar-refractivity contribution in [2.45, 2.75) is 33.1 Å². The molecule has 5 nitrogen and oxygen atoms in total. The molecule has 2 aromatic carbocycles. The van der Waals surface area contributed by atoms with Gasteiger partial charge in [-0.15, -0.1) is 0 Å². The average Bonchev–Trinajstić information content (AvgIpc) is 2.61. The van der Waals surface area contributed by atoms with Crippen LogP contribution in [0.4, 0.5) is 5.69 Å². The van der Waals surface area contributed by atoms with Crippen LogP contribution in [0.2, 0.25) is 0 Å². The third-order valence-electron chi connectivity index (χ3n) is 3.77. The fourth-order valence-electron chi connectivity index (χ4n) is 2.33. The zero-order valence-corrected chi connectivity index (χ0v) is 17.0. The predicted octanol–water partition coefficient (Wildman–Crippen LogP) is 4.27. The first-order valence-corrected chi connectivity index (χ1v) is 9.26. The van der Waals surface area contributed by atoms with E-state index in [4.69, 9.17) is 21.7 Å². The van der Waals surface area contributed by atoms with Gasteiger partial charge < -0.3 is 14.8 Å². The van der Waals surface area contributed by atoms with Crippen molar-refractivity contribution in [3.8, 4) is 11.5 Å². The molecule has 0 aromatic heterocycles. The predicted molar refractivity (Wildman–Crippen MR) is 113 cm³/mol. The van der Waals surface area contributed by atoms with Crippen molar-refractivity contribution in [1.29, 1.82) is 0 Å². The Morgan fingerprint density at radius 2 is 1.52 bits per heavy atom. The molecule has 0 saturated heterocycles. The lowest BCUT2D eigenvalue weighted by atomic mass is 9.87. The Balaban J connectivity index is 1.78. The van der Waals surface area contributed by atoms with Crippen LogP contribution in [0.1, 0.15) is 33.3 Å². The van der Waals surface area contributed by atoms with E-state index in [1.807, 2.05) is 55.5 Å².